The second-order valence-electron chi connectivity index (χ2n) is 6.73. The van der Waals surface area contributed by atoms with Gasteiger partial charge in [-0.15, -0.1) is 0 Å². The third-order valence-electron chi connectivity index (χ3n) is 4.84. The molecule has 6 N–H and O–H groups in total. The standard InChI is InChI=1S/C20H21ClN8/c21-15-5-3-14(4-6-15)20(7-8-22)12-29(13-20)17-2-1-9-26-18(17)28-19(25)27-16(10-23)11-24/h1-6,9-11,23H,7,12-13,24H2,(H3,25,26,27,28)/b16-11+,23-10?. The maximum absolute atomic E-state index is 9.35. The summed E-state index contributed by atoms with van der Waals surface area (Å²) in [6, 6.07) is 13.7. The number of guanidine groups is 1. The van der Waals surface area contributed by atoms with Crippen molar-refractivity contribution in [1.29, 1.82) is 16.1 Å². The van der Waals surface area contributed by atoms with Gasteiger partial charge in [-0.3, -0.25) is 5.41 Å². The van der Waals surface area contributed by atoms with Crippen molar-refractivity contribution in [2.75, 3.05) is 18.0 Å². The van der Waals surface area contributed by atoms with Crippen LogP contribution in [0.15, 0.2) is 59.5 Å². The van der Waals surface area contributed by atoms with E-state index in [1.54, 1.807) is 6.20 Å². The smallest absolute Gasteiger partial charge is 0.221 e. The number of nitrogens with one attached hydrogen (secondary N) is 4. The Bertz CT molecular complexity index is 1040. The van der Waals surface area contributed by atoms with Crippen LogP contribution < -0.4 is 21.4 Å². The van der Waals surface area contributed by atoms with Crippen LogP contribution in [0.3, 0.4) is 0 Å². The van der Waals surface area contributed by atoms with Gasteiger partial charge in [-0.05, 0) is 29.8 Å². The van der Waals surface area contributed by atoms with Crippen molar-refractivity contribution in [2.45, 2.75) is 11.8 Å². The van der Waals surface area contributed by atoms with Gasteiger partial charge in [0.05, 0.1) is 17.5 Å². The second-order valence-corrected chi connectivity index (χ2v) is 7.17. The molecular formula is C20H21ClN8. The molecule has 1 aromatic heterocycles. The largest absolute Gasteiger partial charge is 0.403 e. The number of allylic oxidation sites excluding steroid dienone is 1. The fourth-order valence-corrected chi connectivity index (χ4v) is 3.50. The summed E-state index contributed by atoms with van der Waals surface area (Å²) in [7, 11) is 0. The minimum atomic E-state index is -0.270. The molecule has 29 heavy (non-hydrogen) atoms. The first kappa shape index (κ1) is 20.2. The minimum absolute atomic E-state index is 0.143. The van der Waals surface area contributed by atoms with Crippen LogP contribution in [-0.2, 0) is 5.41 Å². The van der Waals surface area contributed by atoms with Crippen LogP contribution >= 0.6 is 11.6 Å². The number of anilines is 1. The van der Waals surface area contributed by atoms with Gasteiger partial charge < -0.3 is 26.3 Å². The van der Waals surface area contributed by atoms with Crippen LogP contribution in [0, 0.1) is 22.1 Å². The molecule has 1 aliphatic heterocycles. The maximum Gasteiger partial charge on any atom is 0.221 e. The van der Waals surface area contributed by atoms with Crippen LogP contribution in [0.2, 0.25) is 5.02 Å². The fourth-order valence-electron chi connectivity index (χ4n) is 3.37. The summed E-state index contributed by atoms with van der Waals surface area (Å²) < 4.78 is 0. The second kappa shape index (κ2) is 8.63. The van der Waals surface area contributed by atoms with Crippen molar-refractivity contribution in [1.82, 2.24) is 10.3 Å². The Morgan fingerprint density at radius 1 is 1.38 bits per heavy atom. The highest BCUT2D eigenvalue weighted by molar-refractivity contribution is 6.30. The zero-order valence-electron chi connectivity index (χ0n) is 15.6. The van der Waals surface area contributed by atoms with E-state index in [0.717, 1.165) is 17.5 Å². The molecule has 148 valence electrons. The van der Waals surface area contributed by atoms with Crippen molar-refractivity contribution in [3.05, 3.63) is 70.6 Å². The predicted molar refractivity (Wildman–Crippen MR) is 114 cm³/mol. The Kier molecular flexibility index (Phi) is 6.00. The number of pyridine rings is 1. The highest BCUT2D eigenvalue weighted by atomic mass is 35.5. The molecule has 3 rings (SSSR count). The molecule has 1 aromatic carbocycles. The summed E-state index contributed by atoms with van der Waals surface area (Å²) in [5, 5.41) is 27.9. The molecule has 0 bridgehead atoms. The number of hydrogen-bond donors (Lipinski definition) is 5. The lowest BCUT2D eigenvalue weighted by atomic mass is 9.71. The summed E-state index contributed by atoms with van der Waals surface area (Å²) in [5.74, 6) is -0.143. The number of nitriles is 1. The van der Waals surface area contributed by atoms with E-state index in [0.29, 0.717) is 30.0 Å². The van der Waals surface area contributed by atoms with Crippen LogP contribution in [-0.4, -0.2) is 30.2 Å². The summed E-state index contributed by atoms with van der Waals surface area (Å²) in [4.78, 5) is 9.44. The molecule has 0 atom stereocenters. The van der Waals surface area contributed by atoms with E-state index < -0.39 is 0 Å². The lowest BCUT2D eigenvalue weighted by Crippen LogP contribution is -2.60. The van der Waals surface area contributed by atoms with Crippen molar-refractivity contribution in [3.8, 4) is 6.07 Å². The predicted octanol–water partition coefficient (Wildman–Crippen LogP) is 2.21. The van der Waals surface area contributed by atoms with Gasteiger partial charge in [-0.2, -0.15) is 10.3 Å². The number of benzene rings is 1. The van der Waals surface area contributed by atoms with Gasteiger partial charge in [0.1, 0.15) is 0 Å². The molecule has 0 unspecified atom stereocenters. The van der Waals surface area contributed by atoms with E-state index in [1.165, 1.54) is 6.20 Å². The number of hydrogen-bond acceptors (Lipinski definition) is 5. The van der Waals surface area contributed by atoms with Crippen LogP contribution in [0.5, 0.6) is 0 Å². The molecule has 0 amide bonds. The number of nitrogens with zero attached hydrogens (tertiary/aromatic N) is 3. The number of H-pyrrole nitrogens is 1. The summed E-state index contributed by atoms with van der Waals surface area (Å²) in [6.45, 7) is 1.30. The minimum Gasteiger partial charge on any atom is -0.403 e. The van der Waals surface area contributed by atoms with E-state index in [-0.39, 0.29) is 17.1 Å². The molecule has 0 saturated carbocycles. The van der Waals surface area contributed by atoms with Crippen LogP contribution in [0.25, 0.3) is 0 Å². The Morgan fingerprint density at radius 3 is 2.72 bits per heavy atom. The molecular weight excluding hydrogens is 388 g/mol. The van der Waals surface area contributed by atoms with Crippen molar-refractivity contribution in [2.24, 2.45) is 10.7 Å². The monoisotopic (exact) mass is 408 g/mol. The Labute approximate surface area is 173 Å². The normalized spacial score (nSPS) is 15.9. The molecule has 1 aliphatic rings. The Morgan fingerprint density at radius 2 is 2.10 bits per heavy atom. The molecule has 9 heteroatoms. The van der Waals surface area contributed by atoms with E-state index >= 15 is 0 Å². The molecule has 0 aliphatic carbocycles. The van der Waals surface area contributed by atoms with Crippen LogP contribution in [0.4, 0.5) is 5.69 Å². The zero-order valence-corrected chi connectivity index (χ0v) is 16.4. The average Bonchev–Trinajstić information content (AvgIpc) is 2.70. The van der Waals surface area contributed by atoms with E-state index in [1.807, 2.05) is 36.4 Å². The number of aromatic amines is 1. The van der Waals surface area contributed by atoms with Gasteiger partial charge in [0, 0.05) is 48.6 Å². The molecule has 0 spiro atoms. The highest BCUT2D eigenvalue weighted by Crippen LogP contribution is 2.39. The van der Waals surface area contributed by atoms with Gasteiger partial charge in [-0.1, -0.05) is 23.7 Å². The van der Waals surface area contributed by atoms with Gasteiger partial charge in [-0.25, -0.2) is 0 Å². The molecule has 1 saturated heterocycles. The molecule has 2 heterocycles. The van der Waals surface area contributed by atoms with E-state index in [2.05, 4.69) is 26.3 Å². The Balaban J connectivity index is 1.85. The number of rotatable bonds is 5. The summed E-state index contributed by atoms with van der Waals surface area (Å²) in [6.07, 6.45) is 4.34. The Hall–Kier alpha value is -3.57. The first-order chi connectivity index (χ1) is 14.0. The molecule has 8 nitrogen and oxygen atoms in total. The third kappa shape index (κ3) is 4.31. The van der Waals surface area contributed by atoms with Gasteiger partial charge in [0.25, 0.3) is 0 Å². The van der Waals surface area contributed by atoms with Crippen molar-refractivity contribution < 1.29 is 0 Å². The molecule has 0 radical (unpaired) electrons. The quantitative estimate of drug-likeness (QED) is 0.382. The maximum atomic E-state index is 9.35. The first-order valence-electron chi connectivity index (χ1n) is 8.89. The molecule has 1 fully saturated rings. The first-order valence-corrected chi connectivity index (χ1v) is 9.27. The number of nitrogens with two attached hydrogens (primary N) is 1. The summed E-state index contributed by atoms with van der Waals surface area (Å²) in [5.41, 5.74) is 7.81. The average molecular weight is 409 g/mol. The zero-order chi connectivity index (χ0) is 20.9. The lowest BCUT2D eigenvalue weighted by Gasteiger charge is -2.50. The van der Waals surface area contributed by atoms with Gasteiger partial charge >= 0.3 is 0 Å². The lowest BCUT2D eigenvalue weighted by molar-refractivity contribution is 0.335. The van der Waals surface area contributed by atoms with Gasteiger partial charge in [0.15, 0.2) is 5.49 Å². The third-order valence-corrected chi connectivity index (χ3v) is 5.09. The molecule has 2 aromatic rings. The van der Waals surface area contributed by atoms with E-state index in [9.17, 15) is 5.26 Å². The topological polar surface area (TPSA) is 141 Å². The van der Waals surface area contributed by atoms with Crippen molar-refractivity contribution >= 4 is 29.5 Å². The SMILES string of the molecule is N#CCC1(c2ccc(Cl)cc2)CN(c2ccc[nH]/c2=N\C(=N)N/C(C=N)=C/N)C1. The van der Waals surface area contributed by atoms with Gasteiger partial charge in [0.2, 0.25) is 5.96 Å². The van der Waals surface area contributed by atoms with Crippen LogP contribution in [0.1, 0.15) is 12.0 Å². The fraction of sp³-hybridized carbons (Fsp3) is 0.200. The van der Waals surface area contributed by atoms with E-state index in [4.69, 9.17) is 28.2 Å². The number of aromatic nitrogens is 1. The number of halogens is 1. The summed E-state index contributed by atoms with van der Waals surface area (Å²) >= 11 is 6.01. The van der Waals surface area contributed by atoms with Crippen molar-refractivity contribution in [3.63, 3.8) is 0 Å². The highest BCUT2D eigenvalue weighted by Gasteiger charge is 2.44.